The molecule has 0 radical (unpaired) electrons. The molecular weight excluding hydrogens is 462 g/mol. The van der Waals surface area contributed by atoms with Gasteiger partial charge in [0.15, 0.2) is 6.61 Å². The highest BCUT2D eigenvalue weighted by atomic mass is 32.1. The van der Waals surface area contributed by atoms with Crippen LogP contribution in [0, 0.1) is 0 Å². The number of hydrogen-bond acceptors (Lipinski definition) is 8. The zero-order valence-electron chi connectivity index (χ0n) is 18.5. The SMILES string of the molecule is CNC.O=C1COc2ccc(CNC(=O)c3nc4sc5c(c4c(=O)[nH]3)C(C(=O)O)CC5)cc2N1. The molecule has 0 saturated carbocycles. The summed E-state index contributed by atoms with van der Waals surface area (Å²) in [6.45, 7) is 0.107. The average molecular weight is 486 g/mol. The second-order valence-corrected chi connectivity index (χ2v) is 8.90. The molecule has 0 bridgehead atoms. The van der Waals surface area contributed by atoms with E-state index in [2.05, 4.69) is 25.9 Å². The standard InChI is InChI=1S/C20H16N4O6S.C2H7N/c25-13-7-30-11-3-1-8(5-10(11)22-13)6-21-18(27)16-23-17(26)15-14-9(20(28)29)2-4-12(14)31-19(15)24-16;1-3-2/h1,3,5,9H,2,4,6-7H2,(H,21,27)(H,22,25)(H,28,29)(H,23,24,26);3H,1-2H3. The predicted octanol–water partition coefficient (Wildman–Crippen LogP) is 1.20. The van der Waals surface area contributed by atoms with Crippen LogP contribution in [0.4, 0.5) is 5.69 Å². The van der Waals surface area contributed by atoms with Gasteiger partial charge in [0.1, 0.15) is 10.6 Å². The average Bonchev–Trinajstić information content (AvgIpc) is 3.36. The highest BCUT2D eigenvalue weighted by Gasteiger charge is 2.34. The van der Waals surface area contributed by atoms with Gasteiger partial charge in [0.05, 0.1) is 17.0 Å². The number of aromatic amines is 1. The van der Waals surface area contributed by atoms with Gasteiger partial charge in [-0.05, 0) is 50.2 Å². The molecule has 2 aliphatic rings. The van der Waals surface area contributed by atoms with Crippen LogP contribution in [0.3, 0.4) is 0 Å². The van der Waals surface area contributed by atoms with E-state index in [9.17, 15) is 24.3 Å². The summed E-state index contributed by atoms with van der Waals surface area (Å²) < 4.78 is 5.30. The van der Waals surface area contributed by atoms with Crippen LogP contribution in [0.1, 0.15) is 39.0 Å². The lowest BCUT2D eigenvalue weighted by Gasteiger charge is -2.18. The van der Waals surface area contributed by atoms with E-state index in [0.717, 1.165) is 10.4 Å². The lowest BCUT2D eigenvalue weighted by atomic mass is 10.0. The van der Waals surface area contributed by atoms with Crippen LogP contribution >= 0.6 is 11.3 Å². The number of ether oxygens (including phenoxy) is 1. The van der Waals surface area contributed by atoms with Crippen LogP contribution in [-0.2, 0) is 22.6 Å². The minimum atomic E-state index is -0.966. The second kappa shape index (κ2) is 9.61. The van der Waals surface area contributed by atoms with E-state index in [1.165, 1.54) is 11.3 Å². The first-order valence-electron chi connectivity index (χ1n) is 10.5. The summed E-state index contributed by atoms with van der Waals surface area (Å²) >= 11 is 1.25. The Balaban J connectivity index is 0.000000868. The number of benzene rings is 1. The first-order chi connectivity index (χ1) is 16.3. The van der Waals surface area contributed by atoms with Crippen molar-refractivity contribution in [2.75, 3.05) is 26.0 Å². The molecule has 3 aromatic rings. The maximum Gasteiger partial charge on any atom is 0.311 e. The summed E-state index contributed by atoms with van der Waals surface area (Å²) in [5, 5.41) is 17.8. The Kier molecular flexibility index (Phi) is 6.61. The van der Waals surface area contributed by atoms with Gasteiger partial charge >= 0.3 is 5.97 Å². The molecule has 1 unspecified atom stereocenters. The minimum Gasteiger partial charge on any atom is -0.482 e. The number of nitrogens with one attached hydrogen (secondary N) is 4. The molecule has 2 aromatic heterocycles. The minimum absolute atomic E-state index is 0.0377. The number of H-pyrrole nitrogens is 1. The van der Waals surface area contributed by atoms with E-state index in [1.54, 1.807) is 18.2 Å². The Hall–Kier alpha value is -3.77. The Morgan fingerprint density at radius 3 is 2.79 bits per heavy atom. The van der Waals surface area contributed by atoms with E-state index in [0.29, 0.717) is 34.7 Å². The van der Waals surface area contributed by atoms with Crippen molar-refractivity contribution in [3.8, 4) is 5.75 Å². The van der Waals surface area contributed by atoms with Gasteiger partial charge in [-0.25, -0.2) is 4.98 Å². The summed E-state index contributed by atoms with van der Waals surface area (Å²) in [7, 11) is 3.75. The molecule has 1 aromatic carbocycles. The third-order valence-corrected chi connectivity index (χ3v) is 6.49. The molecule has 1 atom stereocenters. The van der Waals surface area contributed by atoms with Crippen molar-refractivity contribution in [1.29, 1.82) is 0 Å². The zero-order valence-corrected chi connectivity index (χ0v) is 19.3. The number of carbonyl (C=O) groups excluding carboxylic acids is 2. The molecule has 11 nitrogen and oxygen atoms in total. The van der Waals surface area contributed by atoms with Crippen molar-refractivity contribution in [2.24, 2.45) is 0 Å². The summed E-state index contributed by atoms with van der Waals surface area (Å²) in [6.07, 6.45) is 1.03. The molecule has 12 heteroatoms. The Morgan fingerprint density at radius 2 is 2.06 bits per heavy atom. The van der Waals surface area contributed by atoms with Crippen molar-refractivity contribution in [2.45, 2.75) is 25.3 Å². The summed E-state index contributed by atoms with van der Waals surface area (Å²) in [5.74, 6) is -2.10. The molecule has 1 aliphatic heterocycles. The van der Waals surface area contributed by atoms with E-state index >= 15 is 0 Å². The third kappa shape index (κ3) is 4.50. The molecule has 0 fully saturated rings. The van der Waals surface area contributed by atoms with Crippen LogP contribution in [0.2, 0.25) is 0 Å². The largest absolute Gasteiger partial charge is 0.482 e. The van der Waals surface area contributed by atoms with Crippen molar-refractivity contribution < 1.29 is 24.2 Å². The van der Waals surface area contributed by atoms with Gasteiger partial charge in [-0.1, -0.05) is 6.07 Å². The number of thiophene rings is 1. The highest BCUT2D eigenvalue weighted by molar-refractivity contribution is 7.18. The number of rotatable bonds is 4. The molecule has 1 aliphatic carbocycles. The number of anilines is 1. The van der Waals surface area contributed by atoms with E-state index < -0.39 is 23.4 Å². The number of hydrogen-bond donors (Lipinski definition) is 5. The van der Waals surface area contributed by atoms with Crippen LogP contribution in [-0.4, -0.2) is 53.6 Å². The Morgan fingerprint density at radius 1 is 1.29 bits per heavy atom. The van der Waals surface area contributed by atoms with Gasteiger partial charge in [-0.3, -0.25) is 19.2 Å². The van der Waals surface area contributed by atoms with Crippen LogP contribution in [0.5, 0.6) is 5.75 Å². The molecule has 178 valence electrons. The van der Waals surface area contributed by atoms with Gasteiger partial charge in [0.2, 0.25) is 5.82 Å². The number of carbonyl (C=O) groups is 3. The maximum absolute atomic E-state index is 12.6. The van der Waals surface area contributed by atoms with Gasteiger partial charge < -0.3 is 30.8 Å². The van der Waals surface area contributed by atoms with Crippen molar-refractivity contribution in [3.63, 3.8) is 0 Å². The van der Waals surface area contributed by atoms with Crippen molar-refractivity contribution in [3.05, 3.63) is 50.4 Å². The predicted molar refractivity (Wildman–Crippen MR) is 126 cm³/mol. The molecule has 34 heavy (non-hydrogen) atoms. The molecule has 3 heterocycles. The fourth-order valence-corrected chi connectivity index (χ4v) is 5.16. The third-order valence-electron chi connectivity index (χ3n) is 5.33. The monoisotopic (exact) mass is 485 g/mol. The smallest absolute Gasteiger partial charge is 0.311 e. The number of fused-ring (bicyclic) bond motifs is 4. The molecule has 0 saturated heterocycles. The van der Waals surface area contributed by atoms with Gasteiger partial charge in [-0.15, -0.1) is 11.3 Å². The number of aliphatic carboxylic acids is 1. The number of carboxylic acid groups (broad SMARTS) is 1. The van der Waals surface area contributed by atoms with Gasteiger partial charge in [0.25, 0.3) is 17.4 Å². The molecule has 5 rings (SSSR count). The van der Waals surface area contributed by atoms with Crippen molar-refractivity contribution in [1.82, 2.24) is 20.6 Å². The number of aryl methyl sites for hydroxylation is 1. The van der Waals surface area contributed by atoms with E-state index in [-0.39, 0.29) is 30.3 Å². The normalized spacial score (nSPS) is 15.9. The number of aromatic nitrogens is 2. The molecule has 2 amide bonds. The summed E-state index contributed by atoms with van der Waals surface area (Å²) in [5.41, 5.74) is 1.25. The van der Waals surface area contributed by atoms with Gasteiger partial charge in [-0.2, -0.15) is 0 Å². The van der Waals surface area contributed by atoms with Crippen LogP contribution in [0.25, 0.3) is 10.2 Å². The zero-order chi connectivity index (χ0) is 24.4. The lowest BCUT2D eigenvalue weighted by molar-refractivity contribution is -0.138. The van der Waals surface area contributed by atoms with E-state index in [1.807, 2.05) is 14.1 Å². The number of carboxylic acids is 1. The molecule has 5 N–H and O–H groups in total. The van der Waals surface area contributed by atoms with Crippen molar-refractivity contribution >= 4 is 45.0 Å². The van der Waals surface area contributed by atoms with Crippen LogP contribution < -0.4 is 26.2 Å². The lowest BCUT2D eigenvalue weighted by Crippen LogP contribution is -2.28. The second-order valence-electron chi connectivity index (χ2n) is 7.81. The maximum atomic E-state index is 12.6. The number of amides is 2. The molecular formula is C22H23N5O6S. The first-order valence-corrected chi connectivity index (χ1v) is 11.3. The quantitative estimate of drug-likeness (QED) is 0.368. The first kappa shape index (κ1) is 23.4. The Bertz CT molecular complexity index is 1350. The number of nitrogens with zero attached hydrogens (tertiary/aromatic N) is 1. The van der Waals surface area contributed by atoms with Crippen LogP contribution in [0.15, 0.2) is 23.0 Å². The Labute approximate surface area is 197 Å². The fourth-order valence-electron chi connectivity index (χ4n) is 3.91. The topological polar surface area (TPSA) is 163 Å². The van der Waals surface area contributed by atoms with E-state index in [4.69, 9.17) is 4.74 Å². The van der Waals surface area contributed by atoms with Gasteiger partial charge in [0, 0.05) is 11.4 Å². The summed E-state index contributed by atoms with van der Waals surface area (Å²) in [4.78, 5) is 56.1. The molecule has 0 spiro atoms. The highest BCUT2D eigenvalue weighted by Crippen LogP contribution is 2.42. The summed E-state index contributed by atoms with van der Waals surface area (Å²) in [6, 6.07) is 5.15. The fraction of sp³-hybridized carbons (Fsp3) is 0.318.